The molecule has 0 saturated carbocycles. The predicted molar refractivity (Wildman–Crippen MR) is 73.0 cm³/mol. The maximum Gasteiger partial charge on any atom is 0.573 e. The highest BCUT2D eigenvalue weighted by Gasteiger charge is 2.30. The third-order valence-corrected chi connectivity index (χ3v) is 2.77. The van der Waals surface area contributed by atoms with Gasteiger partial charge in [0.25, 0.3) is 0 Å². The fourth-order valence-electron chi connectivity index (χ4n) is 1.78. The van der Waals surface area contributed by atoms with E-state index < -0.39 is 12.5 Å². The molecule has 0 spiro atoms. The molecule has 0 aromatic heterocycles. The number of alkyl halides is 3. The van der Waals surface area contributed by atoms with Gasteiger partial charge in [-0.05, 0) is 29.8 Å². The summed E-state index contributed by atoms with van der Waals surface area (Å²) in [5.74, 6) is -0.281. The molecule has 0 aliphatic rings. The number of aliphatic hydroxyl groups is 1. The molecular formula is C15H14F3NO2. The molecule has 0 saturated heterocycles. The molecule has 0 bridgehead atoms. The van der Waals surface area contributed by atoms with Crippen LogP contribution in [0, 0.1) is 0 Å². The predicted octanol–water partition coefficient (Wildman–Crippen LogP) is 3.73. The minimum atomic E-state index is -4.70. The second-order valence-electron chi connectivity index (χ2n) is 4.38. The van der Waals surface area contributed by atoms with Gasteiger partial charge in [0.1, 0.15) is 5.75 Å². The quantitative estimate of drug-likeness (QED) is 0.883. The van der Waals surface area contributed by atoms with Crippen molar-refractivity contribution in [1.82, 2.24) is 0 Å². The third-order valence-electron chi connectivity index (χ3n) is 2.77. The number of aliphatic hydroxyl groups excluding tert-OH is 1. The van der Waals surface area contributed by atoms with Crippen LogP contribution < -0.4 is 10.1 Å². The largest absolute Gasteiger partial charge is 0.573 e. The minimum absolute atomic E-state index is 0.253. The van der Waals surface area contributed by atoms with Crippen molar-refractivity contribution in [2.24, 2.45) is 0 Å². The van der Waals surface area contributed by atoms with Crippen molar-refractivity contribution in [3.8, 4) is 5.75 Å². The molecule has 2 aromatic carbocycles. The van der Waals surface area contributed by atoms with Crippen LogP contribution in [-0.4, -0.2) is 18.0 Å². The van der Waals surface area contributed by atoms with Crippen LogP contribution >= 0.6 is 0 Å². The van der Waals surface area contributed by atoms with Gasteiger partial charge in [0.15, 0.2) is 0 Å². The van der Waals surface area contributed by atoms with Gasteiger partial charge in [-0.15, -0.1) is 13.2 Å². The lowest BCUT2D eigenvalue weighted by Gasteiger charge is -2.14. The monoisotopic (exact) mass is 297 g/mol. The van der Waals surface area contributed by atoms with Crippen LogP contribution in [0.15, 0.2) is 54.6 Å². The molecule has 2 rings (SSSR count). The van der Waals surface area contributed by atoms with Crippen molar-refractivity contribution in [2.45, 2.75) is 12.5 Å². The number of rotatable bonds is 5. The molecule has 0 aliphatic heterocycles. The number of ether oxygens (including phenoxy) is 1. The molecule has 3 nitrogen and oxygen atoms in total. The van der Waals surface area contributed by atoms with Crippen molar-refractivity contribution in [2.75, 3.05) is 11.9 Å². The Labute approximate surface area is 120 Å². The highest BCUT2D eigenvalue weighted by atomic mass is 19.4. The van der Waals surface area contributed by atoms with Crippen LogP contribution in [0.3, 0.4) is 0 Å². The van der Waals surface area contributed by atoms with Crippen molar-refractivity contribution in [1.29, 1.82) is 0 Å². The molecule has 2 N–H and O–H groups in total. The van der Waals surface area contributed by atoms with E-state index in [1.54, 1.807) is 12.1 Å². The van der Waals surface area contributed by atoms with Crippen LogP contribution in [0.4, 0.5) is 18.9 Å². The molecule has 1 unspecified atom stereocenters. The maximum absolute atomic E-state index is 12.0. The van der Waals surface area contributed by atoms with Gasteiger partial charge in [-0.3, -0.25) is 0 Å². The van der Waals surface area contributed by atoms with E-state index in [4.69, 9.17) is 0 Å². The summed E-state index contributed by atoms with van der Waals surface area (Å²) in [6.07, 6.45) is -5.39. The number of hydrogen-bond donors (Lipinski definition) is 2. The van der Waals surface area contributed by atoms with Gasteiger partial charge < -0.3 is 15.2 Å². The molecular weight excluding hydrogens is 283 g/mol. The van der Waals surface area contributed by atoms with Crippen molar-refractivity contribution in [3.63, 3.8) is 0 Å². The lowest BCUT2D eigenvalue weighted by molar-refractivity contribution is -0.274. The zero-order chi connectivity index (χ0) is 15.3. The van der Waals surface area contributed by atoms with E-state index in [-0.39, 0.29) is 12.3 Å². The van der Waals surface area contributed by atoms with E-state index in [1.165, 1.54) is 24.3 Å². The van der Waals surface area contributed by atoms with E-state index in [0.717, 1.165) is 5.56 Å². The van der Waals surface area contributed by atoms with Gasteiger partial charge in [0, 0.05) is 12.2 Å². The van der Waals surface area contributed by atoms with Crippen LogP contribution in [0.5, 0.6) is 5.75 Å². The average Bonchev–Trinajstić information content (AvgIpc) is 2.45. The Morgan fingerprint density at radius 3 is 2.19 bits per heavy atom. The topological polar surface area (TPSA) is 41.5 Å². The van der Waals surface area contributed by atoms with Crippen LogP contribution in [-0.2, 0) is 0 Å². The zero-order valence-electron chi connectivity index (χ0n) is 11.0. The summed E-state index contributed by atoms with van der Waals surface area (Å²) in [6, 6.07) is 14.4. The average molecular weight is 297 g/mol. The lowest BCUT2D eigenvalue weighted by Crippen LogP contribution is -2.17. The summed E-state index contributed by atoms with van der Waals surface area (Å²) < 4.78 is 39.8. The summed E-state index contributed by atoms with van der Waals surface area (Å²) in [4.78, 5) is 0. The Morgan fingerprint density at radius 1 is 1.00 bits per heavy atom. The summed E-state index contributed by atoms with van der Waals surface area (Å²) in [5.41, 5.74) is 1.36. The fraction of sp³-hybridized carbons (Fsp3) is 0.200. The van der Waals surface area contributed by atoms with Crippen molar-refractivity contribution >= 4 is 5.69 Å². The van der Waals surface area contributed by atoms with E-state index in [9.17, 15) is 18.3 Å². The minimum Gasteiger partial charge on any atom is -0.406 e. The lowest BCUT2D eigenvalue weighted by atomic mass is 10.1. The molecule has 0 aliphatic carbocycles. The smallest absolute Gasteiger partial charge is 0.406 e. The standard InChI is InChI=1S/C15H14F3NO2/c16-15(17,18)21-13-8-6-12(7-9-13)19-10-14(20)11-4-2-1-3-5-11/h1-9,14,19-20H,10H2. The Balaban J connectivity index is 1.89. The molecule has 0 amide bonds. The number of benzene rings is 2. The molecule has 0 heterocycles. The second kappa shape index (κ2) is 6.49. The number of nitrogens with one attached hydrogen (secondary N) is 1. The zero-order valence-corrected chi connectivity index (χ0v) is 11.0. The van der Waals surface area contributed by atoms with E-state index >= 15 is 0 Å². The Hall–Kier alpha value is -2.21. The fourth-order valence-corrected chi connectivity index (χ4v) is 1.78. The highest BCUT2D eigenvalue weighted by molar-refractivity contribution is 5.46. The van der Waals surface area contributed by atoms with Crippen molar-refractivity contribution < 1.29 is 23.0 Å². The Morgan fingerprint density at radius 2 is 1.62 bits per heavy atom. The molecule has 0 fully saturated rings. The first kappa shape index (κ1) is 15.2. The molecule has 0 radical (unpaired) electrons. The molecule has 1 atom stereocenters. The molecule has 6 heteroatoms. The van der Waals surface area contributed by atoms with Gasteiger partial charge >= 0.3 is 6.36 Å². The van der Waals surface area contributed by atoms with Gasteiger partial charge in [-0.25, -0.2) is 0 Å². The summed E-state index contributed by atoms with van der Waals surface area (Å²) >= 11 is 0. The Bertz CT molecular complexity index is 555. The second-order valence-corrected chi connectivity index (χ2v) is 4.38. The first-order valence-electron chi connectivity index (χ1n) is 6.27. The van der Waals surface area contributed by atoms with Crippen LogP contribution in [0.1, 0.15) is 11.7 Å². The first-order chi connectivity index (χ1) is 9.94. The molecule has 112 valence electrons. The molecule has 21 heavy (non-hydrogen) atoms. The van der Waals surface area contributed by atoms with E-state index in [2.05, 4.69) is 10.1 Å². The third kappa shape index (κ3) is 5.00. The summed E-state index contributed by atoms with van der Waals surface area (Å²) in [7, 11) is 0. The van der Waals surface area contributed by atoms with E-state index in [1.807, 2.05) is 18.2 Å². The highest BCUT2D eigenvalue weighted by Crippen LogP contribution is 2.24. The normalized spacial score (nSPS) is 12.8. The number of anilines is 1. The van der Waals surface area contributed by atoms with Gasteiger partial charge in [0.2, 0.25) is 0 Å². The first-order valence-corrected chi connectivity index (χ1v) is 6.27. The van der Waals surface area contributed by atoms with Crippen LogP contribution in [0.25, 0.3) is 0 Å². The van der Waals surface area contributed by atoms with Crippen LogP contribution in [0.2, 0.25) is 0 Å². The number of hydrogen-bond acceptors (Lipinski definition) is 3. The summed E-state index contributed by atoms with van der Waals surface area (Å²) in [5, 5.41) is 12.9. The Kier molecular flexibility index (Phi) is 4.70. The molecule has 2 aromatic rings. The maximum atomic E-state index is 12.0. The SMILES string of the molecule is OC(CNc1ccc(OC(F)(F)F)cc1)c1ccccc1. The van der Waals surface area contributed by atoms with Gasteiger partial charge in [0.05, 0.1) is 6.10 Å². The van der Waals surface area contributed by atoms with E-state index in [0.29, 0.717) is 5.69 Å². The summed E-state index contributed by atoms with van der Waals surface area (Å²) in [6.45, 7) is 0.253. The number of halogens is 3. The van der Waals surface area contributed by atoms with Gasteiger partial charge in [-0.1, -0.05) is 30.3 Å². The van der Waals surface area contributed by atoms with Crippen molar-refractivity contribution in [3.05, 3.63) is 60.2 Å². The van der Waals surface area contributed by atoms with Gasteiger partial charge in [-0.2, -0.15) is 0 Å².